The van der Waals surface area contributed by atoms with E-state index in [4.69, 9.17) is 4.74 Å². The third-order valence-corrected chi connectivity index (χ3v) is 7.25. The third kappa shape index (κ3) is 3.61. The normalized spacial score (nSPS) is 24.8. The van der Waals surface area contributed by atoms with Crippen LogP contribution in [0.4, 0.5) is 11.4 Å². The molecule has 1 saturated carbocycles. The molecule has 4 atom stereocenters. The number of rotatable bonds is 6. The van der Waals surface area contributed by atoms with Crippen LogP contribution in [-0.2, 0) is 25.5 Å². The predicted molar refractivity (Wildman–Crippen MR) is 126 cm³/mol. The van der Waals surface area contributed by atoms with Crippen molar-refractivity contribution in [3.8, 4) is 0 Å². The fourth-order valence-electron chi connectivity index (χ4n) is 5.63. The van der Waals surface area contributed by atoms with Gasteiger partial charge in [-0.1, -0.05) is 36.8 Å². The monoisotopic (exact) mass is 458 g/mol. The summed E-state index contributed by atoms with van der Waals surface area (Å²) in [7, 11) is 0. The van der Waals surface area contributed by atoms with E-state index in [0.717, 1.165) is 18.4 Å². The van der Waals surface area contributed by atoms with Gasteiger partial charge in [-0.3, -0.25) is 19.3 Å². The van der Waals surface area contributed by atoms with E-state index >= 15 is 0 Å². The predicted octanol–water partition coefficient (Wildman–Crippen LogP) is 3.75. The molecule has 174 valence electrons. The number of carbonyl (C=O) groups excluding carboxylic acids is 4. The number of nitrogens with zero attached hydrogens (tertiary/aromatic N) is 1. The number of aryl methyl sites for hydroxylation is 1. The lowest BCUT2D eigenvalue weighted by Gasteiger charge is -2.19. The molecule has 2 aromatic carbocycles. The van der Waals surface area contributed by atoms with Crippen LogP contribution in [0.25, 0.3) is 0 Å². The van der Waals surface area contributed by atoms with E-state index in [1.165, 1.54) is 22.6 Å². The van der Waals surface area contributed by atoms with Gasteiger partial charge in [-0.15, -0.1) is 0 Å². The summed E-state index contributed by atoms with van der Waals surface area (Å²) in [6.45, 7) is 3.61. The number of benzene rings is 2. The molecule has 1 saturated heterocycles. The number of nitrogens with one attached hydrogen (secondary N) is 1. The van der Waals surface area contributed by atoms with Crippen molar-refractivity contribution in [2.45, 2.75) is 26.7 Å². The smallest absolute Gasteiger partial charge is 0.338 e. The Kier molecular flexibility index (Phi) is 5.55. The van der Waals surface area contributed by atoms with E-state index in [9.17, 15) is 19.2 Å². The molecule has 1 N–H and O–H groups in total. The van der Waals surface area contributed by atoms with Gasteiger partial charge in [0, 0.05) is 5.69 Å². The van der Waals surface area contributed by atoms with Gasteiger partial charge in [-0.25, -0.2) is 4.79 Å². The first-order valence-electron chi connectivity index (χ1n) is 11.6. The Bertz CT molecular complexity index is 1220. The first-order valence-corrected chi connectivity index (χ1v) is 11.6. The topological polar surface area (TPSA) is 92.8 Å². The maximum atomic E-state index is 13.1. The zero-order valence-electron chi connectivity index (χ0n) is 19.1. The third-order valence-electron chi connectivity index (χ3n) is 7.25. The van der Waals surface area contributed by atoms with Crippen molar-refractivity contribution in [2.75, 3.05) is 16.8 Å². The van der Waals surface area contributed by atoms with Gasteiger partial charge in [0.15, 0.2) is 6.61 Å². The minimum atomic E-state index is -0.653. The summed E-state index contributed by atoms with van der Waals surface area (Å²) in [5, 5.41) is 2.76. The number of allylic oxidation sites excluding steroid dienone is 2. The zero-order chi connectivity index (χ0) is 24.0. The van der Waals surface area contributed by atoms with Crippen LogP contribution in [0, 0.1) is 23.7 Å². The van der Waals surface area contributed by atoms with E-state index in [1.54, 1.807) is 18.2 Å². The molecule has 2 aromatic rings. The fraction of sp³-hybridized carbons (Fsp3) is 0.333. The maximum absolute atomic E-state index is 13.1. The first kappa shape index (κ1) is 22.1. The standard InChI is InChI=1S/C27H26N2O5/c1-3-16-6-4-5-7-21(16)28-22(30)14-34-27(33)17-8-10-19(11-9-17)29-25(31)23-18-12-15(2)20(13-18)24(23)26(29)32/h4-12,18,20,23-24H,3,13-14H2,1-2H3,(H,28,30)/t18-,20+,23+,24-/m0/s1. The number of hydrogen-bond acceptors (Lipinski definition) is 5. The zero-order valence-corrected chi connectivity index (χ0v) is 19.1. The number of hydrogen-bond donors (Lipinski definition) is 1. The molecule has 1 aliphatic heterocycles. The number of esters is 1. The van der Waals surface area contributed by atoms with Crippen molar-refractivity contribution in [3.05, 3.63) is 71.3 Å². The molecule has 2 fully saturated rings. The van der Waals surface area contributed by atoms with E-state index in [0.29, 0.717) is 11.4 Å². The minimum absolute atomic E-state index is 0.140. The SMILES string of the molecule is CCc1ccccc1NC(=O)COC(=O)c1ccc(N2C(=O)[C@@H]3[C@H](C2=O)[C@H]2C=C(C)[C@H]3C2)cc1. The Morgan fingerprint density at radius 2 is 1.74 bits per heavy atom. The lowest BCUT2D eigenvalue weighted by atomic mass is 9.82. The molecule has 3 aliphatic rings. The molecule has 0 aromatic heterocycles. The van der Waals surface area contributed by atoms with Gasteiger partial charge in [-0.2, -0.15) is 0 Å². The molecule has 7 nitrogen and oxygen atoms in total. The average Bonchev–Trinajstić information content (AvgIpc) is 3.48. The van der Waals surface area contributed by atoms with Gasteiger partial charge >= 0.3 is 5.97 Å². The Morgan fingerprint density at radius 3 is 2.47 bits per heavy atom. The molecule has 1 heterocycles. The van der Waals surface area contributed by atoms with Gasteiger partial charge in [0.25, 0.3) is 5.91 Å². The first-order chi connectivity index (χ1) is 16.4. The van der Waals surface area contributed by atoms with E-state index in [1.807, 2.05) is 32.0 Å². The van der Waals surface area contributed by atoms with Crippen molar-refractivity contribution in [1.82, 2.24) is 0 Å². The molecule has 0 spiro atoms. The molecule has 7 heteroatoms. The fourth-order valence-corrected chi connectivity index (χ4v) is 5.63. The Balaban J connectivity index is 1.21. The number of amides is 3. The van der Waals surface area contributed by atoms with Gasteiger partial charge in [0.05, 0.1) is 23.1 Å². The summed E-state index contributed by atoms with van der Waals surface area (Å²) in [6, 6.07) is 13.6. The number of para-hydroxylation sites is 1. The van der Waals surface area contributed by atoms with E-state index in [2.05, 4.69) is 11.4 Å². The second kappa shape index (κ2) is 8.56. The van der Waals surface area contributed by atoms with Gasteiger partial charge in [0.2, 0.25) is 11.8 Å². The largest absolute Gasteiger partial charge is 0.452 e. The quantitative estimate of drug-likeness (QED) is 0.404. The maximum Gasteiger partial charge on any atom is 0.338 e. The lowest BCUT2D eigenvalue weighted by Crippen LogP contribution is -2.33. The molecule has 0 unspecified atom stereocenters. The highest BCUT2D eigenvalue weighted by molar-refractivity contribution is 6.23. The van der Waals surface area contributed by atoms with Gasteiger partial charge in [-0.05, 0) is 67.5 Å². The average molecular weight is 459 g/mol. The summed E-state index contributed by atoms with van der Waals surface area (Å²) in [5.74, 6) is -1.66. The number of carbonyl (C=O) groups is 4. The number of ether oxygens (including phenoxy) is 1. The molecular weight excluding hydrogens is 432 g/mol. The van der Waals surface area contributed by atoms with Crippen molar-refractivity contribution in [3.63, 3.8) is 0 Å². The van der Waals surface area contributed by atoms with Gasteiger partial charge < -0.3 is 10.1 Å². The molecular formula is C27H26N2O5. The second-order valence-electron chi connectivity index (χ2n) is 9.16. The molecule has 34 heavy (non-hydrogen) atoms. The van der Waals surface area contributed by atoms with Crippen LogP contribution >= 0.6 is 0 Å². The number of imide groups is 1. The van der Waals surface area contributed by atoms with Crippen LogP contribution < -0.4 is 10.2 Å². The second-order valence-corrected chi connectivity index (χ2v) is 9.16. The van der Waals surface area contributed by atoms with Crippen molar-refractivity contribution in [1.29, 1.82) is 0 Å². The number of anilines is 2. The van der Waals surface area contributed by atoms with Crippen LogP contribution in [0.3, 0.4) is 0 Å². The number of fused-ring (bicyclic) bond motifs is 5. The highest BCUT2D eigenvalue weighted by Crippen LogP contribution is 2.55. The van der Waals surface area contributed by atoms with Crippen molar-refractivity contribution >= 4 is 35.1 Å². The summed E-state index contributed by atoms with van der Waals surface area (Å²) in [5.41, 5.74) is 3.58. The van der Waals surface area contributed by atoms with E-state index in [-0.39, 0.29) is 41.0 Å². The van der Waals surface area contributed by atoms with Gasteiger partial charge in [0.1, 0.15) is 0 Å². The van der Waals surface area contributed by atoms with Crippen LogP contribution in [0.15, 0.2) is 60.2 Å². The lowest BCUT2D eigenvalue weighted by molar-refractivity contribution is -0.123. The molecule has 2 aliphatic carbocycles. The molecule has 5 rings (SSSR count). The van der Waals surface area contributed by atoms with Crippen molar-refractivity contribution < 1.29 is 23.9 Å². The molecule has 3 amide bonds. The van der Waals surface area contributed by atoms with Crippen LogP contribution in [0.2, 0.25) is 0 Å². The van der Waals surface area contributed by atoms with Crippen LogP contribution in [0.1, 0.15) is 36.2 Å². The summed E-state index contributed by atoms with van der Waals surface area (Å²) in [4.78, 5) is 52.0. The Labute approximate surface area is 197 Å². The Hall–Kier alpha value is -3.74. The van der Waals surface area contributed by atoms with Crippen molar-refractivity contribution in [2.24, 2.45) is 23.7 Å². The highest BCUT2D eigenvalue weighted by atomic mass is 16.5. The molecule has 0 radical (unpaired) electrons. The highest BCUT2D eigenvalue weighted by Gasteiger charge is 2.60. The Morgan fingerprint density at radius 1 is 1.03 bits per heavy atom. The summed E-state index contributed by atoms with van der Waals surface area (Å²) in [6.07, 6.45) is 3.79. The minimum Gasteiger partial charge on any atom is -0.452 e. The molecule has 2 bridgehead atoms. The summed E-state index contributed by atoms with van der Waals surface area (Å²) >= 11 is 0. The van der Waals surface area contributed by atoms with Crippen LogP contribution in [0.5, 0.6) is 0 Å². The summed E-state index contributed by atoms with van der Waals surface area (Å²) < 4.78 is 5.15. The van der Waals surface area contributed by atoms with E-state index < -0.39 is 18.5 Å². The van der Waals surface area contributed by atoms with Crippen LogP contribution in [-0.4, -0.2) is 30.3 Å².